The van der Waals surface area contributed by atoms with Gasteiger partial charge < -0.3 is 9.84 Å². The van der Waals surface area contributed by atoms with Gasteiger partial charge in [0.15, 0.2) is 0 Å². The van der Waals surface area contributed by atoms with E-state index in [1.165, 1.54) is 0 Å². The van der Waals surface area contributed by atoms with Gasteiger partial charge in [-0.25, -0.2) is 0 Å². The van der Waals surface area contributed by atoms with Gasteiger partial charge in [-0.2, -0.15) is 0 Å². The smallest absolute Gasteiger partial charge is 0.106 e. The summed E-state index contributed by atoms with van der Waals surface area (Å²) in [5.74, 6) is 0. The maximum absolute atomic E-state index is 10.6. The number of aliphatic hydroxyl groups excluding tert-OH is 1. The molecule has 0 saturated carbocycles. The van der Waals surface area contributed by atoms with Crippen molar-refractivity contribution in [2.75, 3.05) is 0 Å². The average molecular weight is 597 g/mol. The molecule has 0 aliphatic rings. The van der Waals surface area contributed by atoms with Crippen LogP contribution in [0.3, 0.4) is 0 Å². The Morgan fingerprint density at radius 1 is 0.667 bits per heavy atom. The summed E-state index contributed by atoms with van der Waals surface area (Å²) in [6, 6.07) is 32.4. The zero-order valence-electron chi connectivity index (χ0n) is 20.8. The lowest BCUT2D eigenvalue weighted by Crippen LogP contribution is -2.02. The van der Waals surface area contributed by atoms with Crippen LogP contribution in [0.25, 0.3) is 11.1 Å². The minimum atomic E-state index is -0.667. The fourth-order valence-corrected chi connectivity index (χ4v) is 4.81. The van der Waals surface area contributed by atoms with Gasteiger partial charge in [-0.15, -0.1) is 0 Å². The highest BCUT2D eigenvalue weighted by atomic mass is 35.5. The van der Waals surface area contributed by atoms with Crippen LogP contribution in [-0.4, -0.2) is 10.1 Å². The van der Waals surface area contributed by atoms with Crippen LogP contribution in [0.15, 0.2) is 116 Å². The average Bonchev–Trinajstić information content (AvgIpc) is 2.96. The second-order valence-corrected chi connectivity index (χ2v) is 10.3. The first-order valence-corrected chi connectivity index (χ1v) is 13.6. The number of hydrogen-bond donors (Lipinski definition) is 1. The number of hydrogen-bond acceptors (Lipinski definition) is 3. The molecule has 0 amide bonds. The Morgan fingerprint density at radius 3 is 1.82 bits per heavy atom. The number of aliphatic hydroxyl groups is 1. The molecule has 1 unspecified atom stereocenters. The molecular formula is C32H25Cl4NO2. The molecule has 7 heteroatoms. The quantitative estimate of drug-likeness (QED) is 0.203. The van der Waals surface area contributed by atoms with Crippen LogP contribution >= 0.6 is 46.4 Å². The van der Waals surface area contributed by atoms with Crippen LogP contribution in [0.5, 0.6) is 0 Å². The summed E-state index contributed by atoms with van der Waals surface area (Å²) in [6.45, 7) is 0.796. The summed E-state index contributed by atoms with van der Waals surface area (Å²) in [5, 5.41) is 13.0. The largest absolute Gasteiger partial charge is 0.384 e. The molecule has 198 valence electrons. The minimum absolute atomic E-state index is 0.398. The standard InChI is InChI=1S/C18H15NO.C14H10Cl4O/c20-18(15-9-6-12-19-13-15)17-11-5-4-10-16(17)14-7-2-1-3-8-14;15-11-3-1-9(13(17)5-11)7-19-8-10-2-4-12(16)6-14(10)18/h1-13,18,20H;1-6H,7-8H2. The molecule has 4 aromatic carbocycles. The second-order valence-electron chi connectivity index (χ2n) is 8.61. The first-order valence-electron chi connectivity index (χ1n) is 12.1. The molecule has 0 aliphatic carbocycles. The van der Waals surface area contributed by atoms with Gasteiger partial charge in [0.25, 0.3) is 0 Å². The zero-order chi connectivity index (χ0) is 27.6. The molecule has 5 aromatic rings. The molecule has 1 atom stereocenters. The van der Waals surface area contributed by atoms with Gasteiger partial charge in [0.1, 0.15) is 6.10 Å². The van der Waals surface area contributed by atoms with Crippen molar-refractivity contribution in [1.82, 2.24) is 4.98 Å². The summed E-state index contributed by atoms with van der Waals surface area (Å²) < 4.78 is 5.59. The van der Waals surface area contributed by atoms with E-state index in [1.54, 1.807) is 36.7 Å². The van der Waals surface area contributed by atoms with E-state index in [9.17, 15) is 5.11 Å². The molecule has 3 nitrogen and oxygen atoms in total. The number of ether oxygens (including phenoxy) is 1. The molecule has 39 heavy (non-hydrogen) atoms. The monoisotopic (exact) mass is 595 g/mol. The van der Waals surface area contributed by atoms with Crippen LogP contribution < -0.4 is 0 Å². The van der Waals surface area contributed by atoms with Crippen LogP contribution in [0.1, 0.15) is 28.4 Å². The lowest BCUT2D eigenvalue weighted by Gasteiger charge is -2.15. The third-order valence-electron chi connectivity index (χ3n) is 5.89. The molecule has 0 radical (unpaired) electrons. The maximum Gasteiger partial charge on any atom is 0.106 e. The van der Waals surface area contributed by atoms with E-state index in [0.29, 0.717) is 33.3 Å². The van der Waals surface area contributed by atoms with Gasteiger partial charge in [0.05, 0.1) is 13.2 Å². The Labute approximate surface area is 248 Å². The van der Waals surface area contributed by atoms with E-state index in [4.69, 9.17) is 51.1 Å². The third kappa shape index (κ3) is 8.30. The highest BCUT2D eigenvalue weighted by molar-refractivity contribution is 6.35. The topological polar surface area (TPSA) is 42.4 Å². The molecule has 1 heterocycles. The first-order chi connectivity index (χ1) is 18.9. The van der Waals surface area contributed by atoms with Gasteiger partial charge in [-0.05, 0) is 58.1 Å². The molecule has 1 aromatic heterocycles. The van der Waals surface area contributed by atoms with E-state index in [-0.39, 0.29) is 0 Å². The lowest BCUT2D eigenvalue weighted by molar-refractivity contribution is 0.107. The van der Waals surface area contributed by atoms with Gasteiger partial charge in [0, 0.05) is 38.0 Å². The Hall–Kier alpha value is -2.89. The number of rotatable bonds is 7. The molecule has 1 N–H and O–H groups in total. The molecule has 0 spiro atoms. The first kappa shape index (κ1) is 29.1. The molecule has 0 bridgehead atoms. The summed E-state index contributed by atoms with van der Waals surface area (Å²) >= 11 is 23.8. The van der Waals surface area contributed by atoms with Gasteiger partial charge >= 0.3 is 0 Å². The number of pyridine rings is 1. The van der Waals surface area contributed by atoms with E-state index in [1.807, 2.05) is 66.7 Å². The summed E-state index contributed by atoms with van der Waals surface area (Å²) in [4.78, 5) is 4.07. The molecule has 0 saturated heterocycles. The number of aromatic nitrogens is 1. The Morgan fingerprint density at radius 2 is 1.26 bits per heavy atom. The van der Waals surface area contributed by atoms with Crippen molar-refractivity contribution < 1.29 is 9.84 Å². The third-order valence-corrected chi connectivity index (χ3v) is 7.06. The number of benzene rings is 4. The van der Waals surface area contributed by atoms with Crippen LogP contribution in [-0.2, 0) is 18.0 Å². The van der Waals surface area contributed by atoms with E-state index in [2.05, 4.69) is 17.1 Å². The second kappa shape index (κ2) is 14.5. The van der Waals surface area contributed by atoms with Crippen molar-refractivity contribution in [3.8, 4) is 11.1 Å². The summed E-state index contributed by atoms with van der Waals surface area (Å²) in [5.41, 5.74) is 5.62. The van der Waals surface area contributed by atoms with Crippen LogP contribution in [0.4, 0.5) is 0 Å². The van der Waals surface area contributed by atoms with E-state index < -0.39 is 6.10 Å². The van der Waals surface area contributed by atoms with E-state index >= 15 is 0 Å². The van der Waals surface area contributed by atoms with E-state index in [0.717, 1.165) is 33.4 Å². The van der Waals surface area contributed by atoms with Crippen molar-refractivity contribution in [2.45, 2.75) is 19.3 Å². The molecule has 5 rings (SSSR count). The van der Waals surface area contributed by atoms with Crippen molar-refractivity contribution >= 4 is 46.4 Å². The van der Waals surface area contributed by atoms with Gasteiger partial charge in [0.2, 0.25) is 0 Å². The zero-order valence-corrected chi connectivity index (χ0v) is 23.8. The summed E-state index contributed by atoms with van der Waals surface area (Å²) in [6.07, 6.45) is 2.74. The minimum Gasteiger partial charge on any atom is -0.384 e. The fourth-order valence-electron chi connectivity index (χ4n) is 3.88. The normalized spacial score (nSPS) is 11.4. The number of halogens is 4. The SMILES string of the molecule is Clc1ccc(COCc2ccc(Cl)cc2Cl)c(Cl)c1.OC(c1cccnc1)c1ccccc1-c1ccccc1. The molecule has 0 fully saturated rings. The van der Waals surface area contributed by atoms with Crippen molar-refractivity contribution in [3.63, 3.8) is 0 Å². The fraction of sp³-hybridized carbons (Fsp3) is 0.0938. The van der Waals surface area contributed by atoms with Crippen molar-refractivity contribution in [1.29, 1.82) is 0 Å². The van der Waals surface area contributed by atoms with Gasteiger partial charge in [-0.1, -0.05) is 119 Å². The highest BCUT2D eigenvalue weighted by Gasteiger charge is 2.15. The predicted octanol–water partition coefficient (Wildman–Crippen LogP) is 9.85. The van der Waals surface area contributed by atoms with Gasteiger partial charge in [-0.3, -0.25) is 4.98 Å². The van der Waals surface area contributed by atoms with Crippen LogP contribution in [0, 0.1) is 0 Å². The predicted molar refractivity (Wildman–Crippen MR) is 162 cm³/mol. The maximum atomic E-state index is 10.6. The van der Waals surface area contributed by atoms with Crippen molar-refractivity contribution in [3.05, 3.63) is 158 Å². The molecular weight excluding hydrogens is 572 g/mol. The molecule has 0 aliphatic heterocycles. The van der Waals surface area contributed by atoms with Crippen molar-refractivity contribution in [2.24, 2.45) is 0 Å². The lowest BCUT2D eigenvalue weighted by atomic mass is 9.93. The van der Waals surface area contributed by atoms with Crippen LogP contribution in [0.2, 0.25) is 20.1 Å². The Kier molecular flexibility index (Phi) is 10.8. The summed E-state index contributed by atoms with van der Waals surface area (Å²) in [7, 11) is 0. The number of nitrogens with zero attached hydrogens (tertiary/aromatic N) is 1. The Bertz CT molecular complexity index is 1450. The Balaban J connectivity index is 0.000000181. The highest BCUT2D eigenvalue weighted by Crippen LogP contribution is 2.31.